The van der Waals surface area contributed by atoms with Crippen LogP contribution in [-0.4, -0.2) is 44.2 Å². The molecule has 18 heavy (non-hydrogen) atoms. The van der Waals surface area contributed by atoms with Crippen LogP contribution in [0.15, 0.2) is 24.3 Å². The molecule has 2 atom stereocenters. The predicted molar refractivity (Wildman–Crippen MR) is 78.1 cm³/mol. The molecule has 0 bridgehead atoms. The van der Waals surface area contributed by atoms with Crippen LogP contribution in [0.25, 0.3) is 0 Å². The average Bonchev–Trinajstić information content (AvgIpc) is 2.34. The van der Waals surface area contributed by atoms with Crippen molar-refractivity contribution in [2.75, 3.05) is 32.1 Å². The Balaban J connectivity index is 1.99. The monoisotopic (exact) mass is 247 g/mol. The summed E-state index contributed by atoms with van der Waals surface area (Å²) in [4.78, 5) is 4.70. The van der Waals surface area contributed by atoms with Crippen molar-refractivity contribution < 1.29 is 0 Å². The molecule has 3 heteroatoms. The maximum Gasteiger partial charge on any atom is 0.0361 e. The summed E-state index contributed by atoms with van der Waals surface area (Å²) >= 11 is 0. The molecule has 0 spiro atoms. The van der Waals surface area contributed by atoms with Crippen molar-refractivity contribution in [1.82, 2.24) is 10.2 Å². The summed E-state index contributed by atoms with van der Waals surface area (Å²) in [5, 5.41) is 3.52. The van der Waals surface area contributed by atoms with E-state index in [0.717, 1.165) is 19.6 Å². The van der Waals surface area contributed by atoms with Crippen LogP contribution >= 0.6 is 0 Å². The van der Waals surface area contributed by atoms with Gasteiger partial charge in [-0.15, -0.1) is 0 Å². The first-order chi connectivity index (χ1) is 8.56. The quantitative estimate of drug-likeness (QED) is 0.880. The third-order valence-electron chi connectivity index (χ3n) is 3.73. The highest BCUT2D eigenvalue weighted by molar-refractivity contribution is 5.45. The van der Waals surface area contributed by atoms with Gasteiger partial charge in [0.05, 0.1) is 0 Å². The lowest BCUT2D eigenvalue weighted by atomic mass is 10.1. The minimum atomic E-state index is 0.599. The minimum absolute atomic E-state index is 0.599. The van der Waals surface area contributed by atoms with E-state index in [0.29, 0.717) is 12.1 Å². The lowest BCUT2D eigenvalue weighted by molar-refractivity contribution is 0.139. The molecule has 1 aliphatic rings. The molecule has 0 aliphatic carbocycles. The van der Waals surface area contributed by atoms with Crippen LogP contribution in [0, 0.1) is 0 Å². The van der Waals surface area contributed by atoms with Gasteiger partial charge in [0.25, 0.3) is 0 Å². The second-order valence-corrected chi connectivity index (χ2v) is 5.65. The zero-order valence-electron chi connectivity index (χ0n) is 12.0. The molecule has 1 aliphatic heterocycles. The zero-order chi connectivity index (χ0) is 13.1. The number of nitrogens with zero attached hydrogens (tertiary/aromatic N) is 2. The van der Waals surface area contributed by atoms with Gasteiger partial charge in [-0.05, 0) is 31.5 Å². The summed E-state index contributed by atoms with van der Waals surface area (Å²) in [7, 11) is 4.16. The van der Waals surface area contributed by atoms with Gasteiger partial charge in [0.2, 0.25) is 0 Å². The molecule has 2 rings (SSSR count). The lowest BCUT2D eigenvalue weighted by Gasteiger charge is -2.37. The first-order valence-electron chi connectivity index (χ1n) is 6.80. The Bertz CT molecular complexity index is 372. The van der Waals surface area contributed by atoms with Gasteiger partial charge < -0.3 is 10.2 Å². The molecule has 1 fully saturated rings. The molecule has 100 valence electrons. The Kier molecular flexibility index (Phi) is 4.25. The largest absolute Gasteiger partial charge is 0.378 e. The molecule has 1 aromatic carbocycles. The van der Waals surface area contributed by atoms with Crippen LogP contribution in [0.2, 0.25) is 0 Å². The third-order valence-corrected chi connectivity index (χ3v) is 3.73. The van der Waals surface area contributed by atoms with Gasteiger partial charge in [-0.3, -0.25) is 4.90 Å². The number of rotatable bonds is 3. The minimum Gasteiger partial charge on any atom is -0.378 e. The van der Waals surface area contributed by atoms with Crippen molar-refractivity contribution >= 4 is 5.69 Å². The highest BCUT2D eigenvalue weighted by atomic mass is 15.2. The maximum atomic E-state index is 3.52. The SMILES string of the molecule is CC1CN(Cc2ccc(N(C)C)cc2)C(C)CN1. The summed E-state index contributed by atoms with van der Waals surface area (Å²) in [6.45, 7) is 7.84. The summed E-state index contributed by atoms with van der Waals surface area (Å²) in [6, 6.07) is 10.1. The van der Waals surface area contributed by atoms with Crippen molar-refractivity contribution in [1.29, 1.82) is 0 Å². The van der Waals surface area contributed by atoms with Crippen molar-refractivity contribution in [3.05, 3.63) is 29.8 Å². The van der Waals surface area contributed by atoms with Gasteiger partial charge in [0.15, 0.2) is 0 Å². The fourth-order valence-corrected chi connectivity index (χ4v) is 2.45. The van der Waals surface area contributed by atoms with Crippen LogP contribution in [0.5, 0.6) is 0 Å². The van der Waals surface area contributed by atoms with Gasteiger partial charge in [-0.2, -0.15) is 0 Å². The van der Waals surface area contributed by atoms with Crippen molar-refractivity contribution in [2.45, 2.75) is 32.5 Å². The van der Waals surface area contributed by atoms with Crippen LogP contribution in [0.1, 0.15) is 19.4 Å². The van der Waals surface area contributed by atoms with Crippen LogP contribution in [-0.2, 0) is 6.54 Å². The van der Waals surface area contributed by atoms with E-state index in [-0.39, 0.29) is 0 Å². The molecule has 0 radical (unpaired) electrons. The summed E-state index contributed by atoms with van der Waals surface area (Å²) in [6.07, 6.45) is 0. The highest BCUT2D eigenvalue weighted by Crippen LogP contribution is 2.16. The van der Waals surface area contributed by atoms with E-state index in [2.05, 4.69) is 67.3 Å². The molecule has 2 unspecified atom stereocenters. The number of nitrogens with one attached hydrogen (secondary N) is 1. The van der Waals surface area contributed by atoms with Crippen molar-refractivity contribution in [3.63, 3.8) is 0 Å². The normalized spacial score (nSPS) is 25.1. The third kappa shape index (κ3) is 3.24. The van der Waals surface area contributed by atoms with Crippen LogP contribution in [0.3, 0.4) is 0 Å². The maximum absolute atomic E-state index is 3.52. The lowest BCUT2D eigenvalue weighted by Crippen LogP contribution is -2.53. The molecule has 3 nitrogen and oxygen atoms in total. The molecular weight excluding hydrogens is 222 g/mol. The average molecular weight is 247 g/mol. The van der Waals surface area contributed by atoms with Crippen LogP contribution in [0.4, 0.5) is 5.69 Å². The first-order valence-corrected chi connectivity index (χ1v) is 6.80. The van der Waals surface area contributed by atoms with Gasteiger partial charge >= 0.3 is 0 Å². The molecular formula is C15H25N3. The summed E-state index contributed by atoms with van der Waals surface area (Å²) in [5.41, 5.74) is 2.67. The van der Waals surface area contributed by atoms with Gasteiger partial charge in [0, 0.05) is 51.5 Å². The number of hydrogen-bond acceptors (Lipinski definition) is 3. The summed E-state index contributed by atoms with van der Waals surface area (Å²) in [5.74, 6) is 0. The van der Waals surface area contributed by atoms with E-state index < -0.39 is 0 Å². The Labute approximate surface area is 111 Å². The topological polar surface area (TPSA) is 18.5 Å². The Morgan fingerprint density at radius 1 is 1.22 bits per heavy atom. The van der Waals surface area contributed by atoms with E-state index >= 15 is 0 Å². The predicted octanol–water partition coefficient (Wildman–Crippen LogP) is 1.93. The standard InChI is InChI=1S/C15H25N3/c1-12-10-18(13(2)9-16-12)11-14-5-7-15(8-6-14)17(3)4/h5-8,12-13,16H,9-11H2,1-4H3. The van der Waals surface area contributed by atoms with E-state index in [1.54, 1.807) is 0 Å². The fraction of sp³-hybridized carbons (Fsp3) is 0.600. The molecule has 1 aromatic rings. The molecule has 0 saturated carbocycles. The van der Waals surface area contributed by atoms with Gasteiger partial charge in [-0.1, -0.05) is 12.1 Å². The number of piperazine rings is 1. The second-order valence-electron chi connectivity index (χ2n) is 5.65. The first kappa shape index (κ1) is 13.4. The van der Waals surface area contributed by atoms with E-state index in [4.69, 9.17) is 0 Å². The van der Waals surface area contributed by atoms with Gasteiger partial charge in [0.1, 0.15) is 0 Å². The Morgan fingerprint density at radius 3 is 2.50 bits per heavy atom. The molecule has 1 saturated heterocycles. The number of anilines is 1. The second kappa shape index (κ2) is 5.72. The smallest absolute Gasteiger partial charge is 0.0361 e. The molecule has 1 heterocycles. The Morgan fingerprint density at radius 2 is 1.89 bits per heavy atom. The molecule has 0 amide bonds. The van der Waals surface area contributed by atoms with Crippen LogP contribution < -0.4 is 10.2 Å². The highest BCUT2D eigenvalue weighted by Gasteiger charge is 2.21. The number of hydrogen-bond donors (Lipinski definition) is 1. The summed E-state index contributed by atoms with van der Waals surface area (Å²) < 4.78 is 0. The zero-order valence-corrected chi connectivity index (χ0v) is 12.0. The fourth-order valence-electron chi connectivity index (χ4n) is 2.45. The van der Waals surface area contributed by atoms with Crippen molar-refractivity contribution in [2.24, 2.45) is 0 Å². The van der Waals surface area contributed by atoms with E-state index in [1.165, 1.54) is 11.3 Å². The van der Waals surface area contributed by atoms with Crippen molar-refractivity contribution in [3.8, 4) is 0 Å². The Hall–Kier alpha value is -1.06. The number of benzene rings is 1. The van der Waals surface area contributed by atoms with E-state index in [9.17, 15) is 0 Å². The van der Waals surface area contributed by atoms with E-state index in [1.807, 2.05) is 0 Å². The van der Waals surface area contributed by atoms with Gasteiger partial charge in [-0.25, -0.2) is 0 Å². The molecule has 1 N–H and O–H groups in total. The molecule has 0 aromatic heterocycles.